The molecular weight excluding hydrogens is 617 g/mol. The van der Waals surface area contributed by atoms with Crippen LogP contribution in [-0.2, 0) is 17.8 Å². The molecule has 2 fully saturated rings. The van der Waals surface area contributed by atoms with Crippen molar-refractivity contribution >= 4 is 39.8 Å². The first-order chi connectivity index (χ1) is 22.6. The minimum absolute atomic E-state index is 0.0767. The van der Waals surface area contributed by atoms with Gasteiger partial charge in [-0.05, 0) is 56.2 Å². The maximum atomic E-state index is 13.9. The van der Waals surface area contributed by atoms with Crippen molar-refractivity contribution in [1.29, 1.82) is 5.26 Å². The highest BCUT2D eigenvalue weighted by Crippen LogP contribution is 2.37. The molecule has 3 atom stereocenters. The van der Waals surface area contributed by atoms with Gasteiger partial charge in [0.15, 0.2) is 5.83 Å². The number of piperazine rings is 1. The van der Waals surface area contributed by atoms with Gasteiger partial charge in [-0.15, -0.1) is 0 Å². The van der Waals surface area contributed by atoms with E-state index in [9.17, 15) is 14.4 Å². The molecule has 0 spiro atoms. The lowest BCUT2D eigenvalue weighted by Crippen LogP contribution is -2.55. The van der Waals surface area contributed by atoms with Crippen molar-refractivity contribution < 1.29 is 13.9 Å². The number of ether oxygens (including phenoxy) is 1. The Morgan fingerprint density at radius 3 is 2.62 bits per heavy atom. The van der Waals surface area contributed by atoms with E-state index in [-0.39, 0.29) is 19.0 Å². The number of amides is 1. The van der Waals surface area contributed by atoms with Crippen LogP contribution in [0.5, 0.6) is 6.01 Å². The largest absolute Gasteiger partial charge is 0.462 e. The highest BCUT2D eigenvalue weighted by atomic mass is 35.5. The van der Waals surface area contributed by atoms with Crippen molar-refractivity contribution in [2.45, 2.75) is 70.6 Å². The number of likely N-dealkylation sites (N-methyl/N-ethyl adjacent to an activating group) is 1. The van der Waals surface area contributed by atoms with Gasteiger partial charge in [0.2, 0.25) is 0 Å². The van der Waals surface area contributed by atoms with E-state index in [1.807, 2.05) is 12.1 Å². The van der Waals surface area contributed by atoms with Crippen molar-refractivity contribution in [1.82, 2.24) is 19.8 Å². The third-order valence-corrected chi connectivity index (χ3v) is 10.2. The molecule has 3 aliphatic heterocycles. The third kappa shape index (κ3) is 6.88. The molecule has 3 aromatic rings. The van der Waals surface area contributed by atoms with Crippen molar-refractivity contribution in [3.63, 3.8) is 0 Å². The zero-order chi connectivity index (χ0) is 33.2. The summed E-state index contributed by atoms with van der Waals surface area (Å²) in [6.45, 7) is 10.5. The normalized spacial score (nSPS) is 21.6. The second-order valence-corrected chi connectivity index (χ2v) is 13.8. The average molecular weight is 660 g/mol. The van der Waals surface area contributed by atoms with E-state index in [1.54, 1.807) is 0 Å². The first kappa shape index (κ1) is 33.0. The number of benzene rings is 2. The first-order valence-corrected chi connectivity index (χ1v) is 17.0. The van der Waals surface area contributed by atoms with E-state index in [4.69, 9.17) is 26.3 Å². The van der Waals surface area contributed by atoms with E-state index < -0.39 is 17.8 Å². The SMILES string of the molecule is C=C(F)C(=O)N1CCN(c2nc(OC[C@@H]3CCC(CC(C)C)N3C)nc3c2CCN(c2cccc4cccc(Cl)c24)C3)C[C@@H]1CC#N. The van der Waals surface area contributed by atoms with E-state index in [0.29, 0.717) is 55.7 Å². The molecule has 0 aliphatic carbocycles. The van der Waals surface area contributed by atoms with Crippen LogP contribution in [0.2, 0.25) is 5.02 Å². The summed E-state index contributed by atoms with van der Waals surface area (Å²) in [5, 5.41) is 12.4. The summed E-state index contributed by atoms with van der Waals surface area (Å²) in [5.74, 6) is -0.388. The standard InChI is InChI=1S/C36H43ClFN7O2/c1-23(2)19-26-11-12-28(42(26)4)22-47-36-40-31-21-43(32-10-6-8-25-7-5-9-30(37)33(25)32)16-14-29(31)34(41-36)44-17-18-45(35(46)24(3)38)27(20-44)13-15-39/h5-10,23,26-28H,3,11-14,16-22H2,1-2,4H3/t26?,27-,28-/m0/s1. The van der Waals surface area contributed by atoms with Crippen molar-refractivity contribution in [3.05, 3.63) is 65.1 Å². The summed E-state index contributed by atoms with van der Waals surface area (Å²) in [7, 11) is 2.18. The van der Waals surface area contributed by atoms with Crippen molar-refractivity contribution in [2.24, 2.45) is 5.92 Å². The monoisotopic (exact) mass is 659 g/mol. The summed E-state index contributed by atoms with van der Waals surface area (Å²) >= 11 is 6.72. The fourth-order valence-corrected chi connectivity index (χ4v) is 7.78. The van der Waals surface area contributed by atoms with Crippen LogP contribution in [0.25, 0.3) is 10.8 Å². The lowest BCUT2D eigenvalue weighted by Gasteiger charge is -2.42. The number of anilines is 2. The van der Waals surface area contributed by atoms with Crippen LogP contribution in [0.3, 0.4) is 0 Å². The summed E-state index contributed by atoms with van der Waals surface area (Å²) in [4.78, 5) is 30.8. The first-order valence-electron chi connectivity index (χ1n) is 16.6. The Morgan fingerprint density at radius 1 is 1.11 bits per heavy atom. The zero-order valence-corrected chi connectivity index (χ0v) is 28.2. The topological polar surface area (TPSA) is 88.8 Å². The fourth-order valence-electron chi connectivity index (χ4n) is 7.50. The highest BCUT2D eigenvalue weighted by molar-refractivity contribution is 6.36. The van der Waals surface area contributed by atoms with Crippen LogP contribution >= 0.6 is 11.6 Å². The Balaban J connectivity index is 1.31. The Morgan fingerprint density at radius 2 is 1.87 bits per heavy atom. The second kappa shape index (κ2) is 14.0. The zero-order valence-electron chi connectivity index (χ0n) is 27.5. The van der Waals surface area contributed by atoms with Gasteiger partial charge in [0, 0.05) is 54.9 Å². The number of hydrogen-bond donors (Lipinski definition) is 0. The molecule has 0 N–H and O–H groups in total. The van der Waals surface area contributed by atoms with Gasteiger partial charge < -0.3 is 19.4 Å². The molecule has 11 heteroatoms. The number of aromatic nitrogens is 2. The minimum atomic E-state index is -1.02. The maximum Gasteiger partial charge on any atom is 0.318 e. The molecule has 1 aromatic heterocycles. The lowest BCUT2D eigenvalue weighted by atomic mass is 10.0. The quantitative estimate of drug-likeness (QED) is 0.253. The third-order valence-electron chi connectivity index (χ3n) is 9.93. The average Bonchev–Trinajstić information content (AvgIpc) is 3.40. The van der Waals surface area contributed by atoms with Gasteiger partial charge >= 0.3 is 6.01 Å². The molecule has 0 radical (unpaired) electrons. The molecule has 2 saturated heterocycles. The van der Waals surface area contributed by atoms with Gasteiger partial charge in [-0.2, -0.15) is 15.2 Å². The van der Waals surface area contributed by atoms with Crippen LogP contribution in [0.1, 0.15) is 50.8 Å². The molecule has 4 heterocycles. The van der Waals surface area contributed by atoms with Gasteiger partial charge in [0.1, 0.15) is 12.4 Å². The molecule has 248 valence electrons. The van der Waals surface area contributed by atoms with Crippen LogP contribution in [-0.4, -0.2) is 83.6 Å². The Bertz CT molecular complexity index is 1690. The van der Waals surface area contributed by atoms with Gasteiger partial charge in [-0.25, -0.2) is 4.39 Å². The number of rotatable bonds is 9. The molecule has 1 amide bonds. The summed E-state index contributed by atoms with van der Waals surface area (Å²) in [5.41, 5.74) is 2.96. The van der Waals surface area contributed by atoms with Gasteiger partial charge in [0.25, 0.3) is 5.91 Å². The van der Waals surface area contributed by atoms with Gasteiger partial charge in [-0.1, -0.05) is 56.3 Å². The summed E-state index contributed by atoms with van der Waals surface area (Å²) < 4.78 is 20.3. The number of halogens is 2. The highest BCUT2D eigenvalue weighted by Gasteiger charge is 2.36. The van der Waals surface area contributed by atoms with Crippen LogP contribution in [0, 0.1) is 17.2 Å². The predicted octanol–water partition coefficient (Wildman–Crippen LogP) is 6.15. The van der Waals surface area contributed by atoms with E-state index >= 15 is 0 Å². The van der Waals surface area contributed by atoms with Crippen molar-refractivity contribution in [3.8, 4) is 12.1 Å². The van der Waals surface area contributed by atoms with E-state index in [0.717, 1.165) is 59.3 Å². The Hall–Kier alpha value is -3.94. The summed E-state index contributed by atoms with van der Waals surface area (Å²) in [6.07, 6.45) is 4.14. The molecule has 2 aromatic carbocycles. The van der Waals surface area contributed by atoms with E-state index in [2.05, 4.69) is 72.5 Å². The summed E-state index contributed by atoms with van der Waals surface area (Å²) in [6, 6.07) is 15.0. The Labute approximate surface area is 281 Å². The Kier molecular flexibility index (Phi) is 9.85. The molecule has 9 nitrogen and oxygen atoms in total. The number of likely N-dealkylation sites (tertiary alicyclic amines) is 1. The molecule has 0 saturated carbocycles. The molecule has 47 heavy (non-hydrogen) atoms. The minimum Gasteiger partial charge on any atom is -0.462 e. The fraction of sp³-hybridized carbons (Fsp3) is 0.500. The van der Waals surface area contributed by atoms with Crippen LogP contribution in [0.4, 0.5) is 15.9 Å². The number of nitriles is 1. The molecule has 1 unspecified atom stereocenters. The molecule has 0 bridgehead atoms. The maximum absolute atomic E-state index is 13.9. The van der Waals surface area contributed by atoms with Crippen LogP contribution < -0.4 is 14.5 Å². The molecular formula is C36H43ClFN7O2. The van der Waals surface area contributed by atoms with Gasteiger partial charge in [-0.3, -0.25) is 9.69 Å². The van der Waals surface area contributed by atoms with E-state index in [1.165, 1.54) is 4.90 Å². The van der Waals surface area contributed by atoms with Gasteiger partial charge in [0.05, 0.1) is 35.8 Å². The molecule has 3 aliphatic rings. The smallest absolute Gasteiger partial charge is 0.318 e. The number of carbonyl (C=O) groups excluding carboxylic acids is 1. The number of nitrogens with zero attached hydrogens (tertiary/aromatic N) is 7. The predicted molar refractivity (Wildman–Crippen MR) is 183 cm³/mol. The number of carbonyl (C=O) groups is 1. The van der Waals surface area contributed by atoms with Crippen molar-refractivity contribution in [2.75, 3.05) is 49.6 Å². The second-order valence-electron chi connectivity index (χ2n) is 13.4. The number of hydrogen-bond acceptors (Lipinski definition) is 8. The number of fused-ring (bicyclic) bond motifs is 2. The van der Waals surface area contributed by atoms with Crippen LogP contribution in [0.15, 0.2) is 48.8 Å². The lowest BCUT2D eigenvalue weighted by molar-refractivity contribution is -0.131. The molecule has 6 rings (SSSR count).